The maximum Gasteiger partial charge on any atom is 0.272 e. The van der Waals surface area contributed by atoms with E-state index in [1.54, 1.807) is 0 Å². The van der Waals surface area contributed by atoms with E-state index in [1.165, 1.54) is 22.2 Å². The van der Waals surface area contributed by atoms with Gasteiger partial charge in [-0.05, 0) is 66.6 Å². The second-order valence-electron chi connectivity index (χ2n) is 8.49. The van der Waals surface area contributed by atoms with Gasteiger partial charge in [-0.25, -0.2) is 4.90 Å². The van der Waals surface area contributed by atoms with Crippen molar-refractivity contribution < 1.29 is 9.59 Å². The van der Waals surface area contributed by atoms with Crippen LogP contribution in [0.25, 0.3) is 5.57 Å². The average Bonchev–Trinajstić information content (AvgIpc) is 3.08. The predicted molar refractivity (Wildman–Crippen MR) is 138 cm³/mol. The second-order valence-corrected chi connectivity index (χ2v) is 9.48. The number of anilines is 1. The summed E-state index contributed by atoms with van der Waals surface area (Å²) in [6.45, 7) is 6.25. The molecule has 0 spiro atoms. The molecule has 0 fully saturated rings. The van der Waals surface area contributed by atoms with Crippen LogP contribution >= 0.6 is 11.8 Å². The largest absolute Gasteiger partial charge is 0.272 e. The molecule has 2 amide bonds. The molecule has 4 rings (SSSR count). The van der Waals surface area contributed by atoms with Gasteiger partial charge < -0.3 is 0 Å². The first-order valence-corrected chi connectivity index (χ1v) is 12.4. The third-order valence-electron chi connectivity index (χ3n) is 6.08. The molecule has 1 heterocycles. The van der Waals surface area contributed by atoms with Crippen LogP contribution in [0.2, 0.25) is 0 Å². The van der Waals surface area contributed by atoms with Crippen LogP contribution in [0.15, 0.2) is 77.7 Å². The first kappa shape index (κ1) is 23.1. The minimum atomic E-state index is -0.250. The molecule has 0 radical (unpaired) electrons. The Morgan fingerprint density at radius 3 is 2.18 bits per heavy atom. The maximum atomic E-state index is 13.6. The van der Waals surface area contributed by atoms with Crippen LogP contribution in [-0.2, 0) is 21.8 Å². The predicted octanol–water partition coefficient (Wildman–Crippen LogP) is 6.86. The maximum absolute atomic E-state index is 13.6. The van der Waals surface area contributed by atoms with Crippen LogP contribution in [0.4, 0.5) is 5.69 Å². The fraction of sp³-hybridized carbons (Fsp3) is 0.241. The Labute approximate surface area is 200 Å². The summed E-state index contributed by atoms with van der Waals surface area (Å²) in [6, 6.07) is 23.8. The van der Waals surface area contributed by atoms with E-state index in [0.717, 1.165) is 41.5 Å². The number of thioether (sulfide) groups is 1. The van der Waals surface area contributed by atoms with Gasteiger partial charge in [0.05, 0.1) is 16.2 Å². The third-order valence-corrected chi connectivity index (χ3v) is 7.22. The normalized spacial score (nSPS) is 13.8. The van der Waals surface area contributed by atoms with Crippen LogP contribution in [0.5, 0.6) is 0 Å². The minimum absolute atomic E-state index is 0.240. The Kier molecular flexibility index (Phi) is 7.14. The van der Waals surface area contributed by atoms with E-state index in [4.69, 9.17) is 0 Å². The third kappa shape index (κ3) is 4.96. The first-order chi connectivity index (χ1) is 16.0. The van der Waals surface area contributed by atoms with E-state index in [9.17, 15) is 9.59 Å². The van der Waals surface area contributed by atoms with Crippen LogP contribution in [0, 0.1) is 13.8 Å². The molecule has 0 saturated carbocycles. The van der Waals surface area contributed by atoms with Crippen LogP contribution in [0.1, 0.15) is 47.6 Å². The van der Waals surface area contributed by atoms with E-state index in [2.05, 4.69) is 6.92 Å². The summed E-state index contributed by atoms with van der Waals surface area (Å²) in [5, 5.41) is 0. The number of imide groups is 1. The van der Waals surface area contributed by atoms with Crippen molar-refractivity contribution in [3.8, 4) is 0 Å². The number of carbonyl (C=O) groups excluding carboxylic acids is 2. The molecule has 0 bridgehead atoms. The van der Waals surface area contributed by atoms with Gasteiger partial charge in [0.1, 0.15) is 0 Å². The van der Waals surface area contributed by atoms with Crippen molar-refractivity contribution in [3.05, 3.63) is 106 Å². The van der Waals surface area contributed by atoms with Gasteiger partial charge in [-0.2, -0.15) is 0 Å². The highest BCUT2D eigenvalue weighted by atomic mass is 32.2. The van der Waals surface area contributed by atoms with Crippen molar-refractivity contribution in [3.63, 3.8) is 0 Å². The summed E-state index contributed by atoms with van der Waals surface area (Å²) in [5.41, 5.74) is 6.53. The highest BCUT2D eigenvalue weighted by molar-refractivity contribution is 8.03. The molecule has 0 aliphatic carbocycles. The monoisotopic (exact) mass is 455 g/mol. The lowest BCUT2D eigenvalue weighted by molar-refractivity contribution is -0.119. The molecule has 0 atom stereocenters. The van der Waals surface area contributed by atoms with Crippen molar-refractivity contribution >= 4 is 34.8 Å². The molecule has 168 valence electrons. The lowest BCUT2D eigenvalue weighted by Crippen LogP contribution is -2.31. The molecule has 0 saturated heterocycles. The topological polar surface area (TPSA) is 37.4 Å². The van der Waals surface area contributed by atoms with Crippen molar-refractivity contribution in [1.82, 2.24) is 0 Å². The second kappa shape index (κ2) is 10.2. The van der Waals surface area contributed by atoms with Gasteiger partial charge in [-0.3, -0.25) is 9.59 Å². The Morgan fingerprint density at radius 1 is 0.788 bits per heavy atom. The molecular formula is C29H29NO2S. The molecule has 1 aliphatic heterocycles. The first-order valence-electron chi connectivity index (χ1n) is 11.5. The average molecular weight is 456 g/mol. The van der Waals surface area contributed by atoms with Gasteiger partial charge in [0.15, 0.2) is 0 Å². The molecule has 0 aromatic heterocycles. The summed E-state index contributed by atoms with van der Waals surface area (Å²) in [4.78, 5) is 29.0. The Morgan fingerprint density at radius 2 is 1.52 bits per heavy atom. The fourth-order valence-corrected chi connectivity index (χ4v) is 5.02. The molecule has 3 aromatic rings. The number of rotatable bonds is 8. The molecular weight excluding hydrogens is 426 g/mol. The molecule has 4 heteroatoms. The van der Waals surface area contributed by atoms with Gasteiger partial charge in [0.25, 0.3) is 11.8 Å². The van der Waals surface area contributed by atoms with Gasteiger partial charge in [0.2, 0.25) is 0 Å². The fourth-order valence-electron chi connectivity index (χ4n) is 3.95. The molecule has 33 heavy (non-hydrogen) atoms. The number of benzene rings is 3. The van der Waals surface area contributed by atoms with Gasteiger partial charge >= 0.3 is 0 Å². The number of hydrogen-bond acceptors (Lipinski definition) is 3. The summed E-state index contributed by atoms with van der Waals surface area (Å²) in [7, 11) is 0. The van der Waals surface area contributed by atoms with Gasteiger partial charge in [0, 0.05) is 5.75 Å². The summed E-state index contributed by atoms with van der Waals surface area (Å²) in [5.74, 6) is 0.142. The minimum Gasteiger partial charge on any atom is -0.268 e. The Bertz CT molecular complexity index is 1200. The van der Waals surface area contributed by atoms with E-state index in [1.807, 2.05) is 86.6 Å². The molecule has 3 nitrogen and oxygen atoms in total. The van der Waals surface area contributed by atoms with Gasteiger partial charge in [-0.1, -0.05) is 74.0 Å². The number of aryl methyl sites for hydroxylation is 3. The zero-order valence-corrected chi connectivity index (χ0v) is 20.2. The van der Waals surface area contributed by atoms with Gasteiger partial charge in [-0.15, -0.1) is 11.8 Å². The van der Waals surface area contributed by atoms with Crippen molar-refractivity contribution in [2.24, 2.45) is 0 Å². The lowest BCUT2D eigenvalue weighted by atomic mass is 10.0. The number of carbonyl (C=O) groups is 2. The quantitative estimate of drug-likeness (QED) is 0.348. The van der Waals surface area contributed by atoms with Crippen molar-refractivity contribution in [2.75, 3.05) is 4.90 Å². The molecule has 3 aromatic carbocycles. The molecule has 0 N–H and O–H groups in total. The van der Waals surface area contributed by atoms with Crippen LogP contribution in [-0.4, -0.2) is 11.8 Å². The number of nitrogens with zero attached hydrogens (tertiary/aromatic N) is 1. The number of amides is 2. The standard InChI is InChI=1S/C29H29NO2S/c1-4-5-9-22-13-16-25(17-14-22)30-28(31)26(24-15-12-20(2)21(3)18-24)27(29(30)32)33-19-23-10-7-6-8-11-23/h6-8,10-18H,4-5,9,19H2,1-3H3. The van der Waals surface area contributed by atoms with E-state index < -0.39 is 0 Å². The summed E-state index contributed by atoms with van der Waals surface area (Å²) >= 11 is 1.44. The summed E-state index contributed by atoms with van der Waals surface area (Å²) in [6.07, 6.45) is 3.26. The SMILES string of the molecule is CCCCc1ccc(N2C(=O)C(SCc3ccccc3)=C(c3ccc(C)c(C)c3)C2=O)cc1. The van der Waals surface area contributed by atoms with E-state index in [-0.39, 0.29) is 11.8 Å². The van der Waals surface area contributed by atoms with E-state index in [0.29, 0.717) is 21.9 Å². The highest BCUT2D eigenvalue weighted by Gasteiger charge is 2.40. The molecule has 1 aliphatic rings. The number of unbranched alkanes of at least 4 members (excludes halogenated alkanes) is 1. The lowest BCUT2D eigenvalue weighted by Gasteiger charge is -2.16. The Balaban J connectivity index is 1.69. The molecule has 0 unspecified atom stereocenters. The highest BCUT2D eigenvalue weighted by Crippen LogP contribution is 2.40. The Hall–Kier alpha value is -3.11. The zero-order valence-electron chi connectivity index (χ0n) is 19.4. The smallest absolute Gasteiger partial charge is 0.268 e. The van der Waals surface area contributed by atoms with E-state index >= 15 is 0 Å². The summed E-state index contributed by atoms with van der Waals surface area (Å²) < 4.78 is 0. The van der Waals surface area contributed by atoms with Crippen LogP contribution < -0.4 is 4.90 Å². The van der Waals surface area contributed by atoms with Crippen molar-refractivity contribution in [2.45, 2.75) is 45.8 Å². The number of hydrogen-bond donors (Lipinski definition) is 0. The van der Waals surface area contributed by atoms with Crippen LogP contribution in [0.3, 0.4) is 0 Å². The zero-order chi connectivity index (χ0) is 23.4. The van der Waals surface area contributed by atoms with Crippen molar-refractivity contribution in [1.29, 1.82) is 0 Å².